The van der Waals surface area contributed by atoms with Crippen LogP contribution in [0.4, 0.5) is 0 Å². The fourth-order valence-corrected chi connectivity index (χ4v) is 0.942. The Labute approximate surface area is 68.7 Å². The Morgan fingerprint density at radius 2 is 2.09 bits per heavy atom. The van der Waals surface area contributed by atoms with Gasteiger partial charge in [0.15, 0.2) is 0 Å². The summed E-state index contributed by atoms with van der Waals surface area (Å²) in [7, 11) is 1.81. The van der Waals surface area contributed by atoms with Gasteiger partial charge in [0, 0.05) is 0 Å². The van der Waals surface area contributed by atoms with Gasteiger partial charge in [0.1, 0.15) is 5.78 Å². The molecular formula is C9H17NO. The van der Waals surface area contributed by atoms with Crippen molar-refractivity contribution < 1.29 is 4.79 Å². The van der Waals surface area contributed by atoms with Crippen molar-refractivity contribution in [2.75, 3.05) is 7.05 Å². The quantitative estimate of drug-likeness (QED) is 0.610. The summed E-state index contributed by atoms with van der Waals surface area (Å²) in [6.07, 6.45) is 1.78. The molecule has 0 aromatic carbocycles. The van der Waals surface area contributed by atoms with Crippen molar-refractivity contribution in [3.63, 3.8) is 0 Å². The molecule has 0 fully saturated rings. The van der Waals surface area contributed by atoms with Crippen LogP contribution in [0.2, 0.25) is 0 Å². The van der Waals surface area contributed by atoms with Gasteiger partial charge in [-0.2, -0.15) is 0 Å². The Bertz CT molecular complexity index is 152. The lowest BCUT2D eigenvalue weighted by Gasteiger charge is -2.11. The van der Waals surface area contributed by atoms with E-state index in [0.29, 0.717) is 0 Å². The maximum absolute atomic E-state index is 10.9. The summed E-state index contributed by atoms with van der Waals surface area (Å²) in [5, 5.41) is 2.97. The molecule has 0 rings (SSSR count). The van der Waals surface area contributed by atoms with Crippen LogP contribution in [0, 0.1) is 0 Å². The lowest BCUT2D eigenvalue weighted by Crippen LogP contribution is -2.32. The molecule has 0 heterocycles. The zero-order chi connectivity index (χ0) is 8.85. The lowest BCUT2D eigenvalue weighted by molar-refractivity contribution is -0.119. The van der Waals surface area contributed by atoms with Crippen molar-refractivity contribution in [2.24, 2.45) is 0 Å². The second-order valence-corrected chi connectivity index (χ2v) is 2.95. The zero-order valence-corrected chi connectivity index (χ0v) is 7.61. The molecular weight excluding hydrogens is 138 g/mol. The van der Waals surface area contributed by atoms with E-state index in [-0.39, 0.29) is 11.8 Å². The first-order chi connectivity index (χ1) is 5.07. The van der Waals surface area contributed by atoms with Gasteiger partial charge >= 0.3 is 0 Å². The highest BCUT2D eigenvalue weighted by molar-refractivity contribution is 5.81. The molecule has 0 aliphatic carbocycles. The molecule has 1 N–H and O–H groups in total. The number of hydrogen-bond donors (Lipinski definition) is 1. The number of Topliss-reactive ketones (excluding diaryl/α,β-unsaturated/α-hetero) is 1. The van der Waals surface area contributed by atoms with Crippen molar-refractivity contribution in [2.45, 2.75) is 32.7 Å². The standard InChI is InChI=1S/C9H17NO/c1-7(2)5-6-9(10-4)8(3)11/h9-10H,1,5-6H2,2-4H3. The summed E-state index contributed by atoms with van der Waals surface area (Å²) in [4.78, 5) is 10.9. The number of carbonyl (C=O) groups excluding carboxylic acids is 1. The highest BCUT2D eigenvalue weighted by atomic mass is 16.1. The lowest BCUT2D eigenvalue weighted by atomic mass is 10.1. The fraction of sp³-hybridized carbons (Fsp3) is 0.667. The van der Waals surface area contributed by atoms with Crippen LogP contribution >= 0.6 is 0 Å². The average molecular weight is 155 g/mol. The Hall–Kier alpha value is -0.630. The number of likely N-dealkylation sites (N-methyl/N-ethyl adjacent to an activating group) is 1. The predicted molar refractivity (Wildman–Crippen MR) is 47.6 cm³/mol. The Morgan fingerprint density at radius 3 is 2.36 bits per heavy atom. The van der Waals surface area contributed by atoms with E-state index in [1.165, 1.54) is 0 Å². The summed E-state index contributed by atoms with van der Waals surface area (Å²) in [5.74, 6) is 0.203. The van der Waals surface area contributed by atoms with Crippen molar-refractivity contribution >= 4 is 5.78 Å². The predicted octanol–water partition coefficient (Wildman–Crippen LogP) is 1.52. The van der Waals surface area contributed by atoms with E-state index in [1.807, 2.05) is 14.0 Å². The minimum atomic E-state index is 0.00620. The summed E-state index contributed by atoms with van der Waals surface area (Å²) >= 11 is 0. The van der Waals surface area contributed by atoms with E-state index in [4.69, 9.17) is 0 Å². The molecule has 0 aromatic rings. The zero-order valence-electron chi connectivity index (χ0n) is 7.61. The van der Waals surface area contributed by atoms with Gasteiger partial charge < -0.3 is 5.32 Å². The second-order valence-electron chi connectivity index (χ2n) is 2.95. The van der Waals surface area contributed by atoms with Crippen LogP contribution in [0.15, 0.2) is 12.2 Å². The molecule has 1 atom stereocenters. The van der Waals surface area contributed by atoms with Gasteiger partial charge in [-0.3, -0.25) is 4.79 Å². The van der Waals surface area contributed by atoms with E-state index in [1.54, 1.807) is 6.92 Å². The summed E-state index contributed by atoms with van der Waals surface area (Å²) in [6, 6.07) is 0.00620. The smallest absolute Gasteiger partial charge is 0.146 e. The molecule has 0 saturated heterocycles. The number of carbonyl (C=O) groups is 1. The maximum atomic E-state index is 10.9. The highest BCUT2D eigenvalue weighted by Crippen LogP contribution is 2.04. The van der Waals surface area contributed by atoms with E-state index < -0.39 is 0 Å². The van der Waals surface area contributed by atoms with Crippen LogP contribution in [0.25, 0.3) is 0 Å². The van der Waals surface area contributed by atoms with Crippen molar-refractivity contribution in [3.8, 4) is 0 Å². The molecule has 1 unspecified atom stereocenters. The monoisotopic (exact) mass is 155 g/mol. The number of ketones is 1. The first-order valence-electron chi connectivity index (χ1n) is 3.90. The van der Waals surface area contributed by atoms with E-state index in [9.17, 15) is 4.79 Å². The molecule has 0 saturated carbocycles. The van der Waals surface area contributed by atoms with Crippen molar-refractivity contribution in [1.82, 2.24) is 5.32 Å². The van der Waals surface area contributed by atoms with E-state index in [0.717, 1.165) is 18.4 Å². The molecule has 64 valence electrons. The minimum Gasteiger partial charge on any atom is -0.311 e. The Morgan fingerprint density at radius 1 is 1.55 bits per heavy atom. The van der Waals surface area contributed by atoms with Gasteiger partial charge in [0.2, 0.25) is 0 Å². The Balaban J connectivity index is 3.70. The fourth-order valence-electron chi connectivity index (χ4n) is 0.942. The first kappa shape index (κ1) is 10.4. The first-order valence-corrected chi connectivity index (χ1v) is 3.90. The van der Waals surface area contributed by atoms with Crippen LogP contribution in [-0.4, -0.2) is 18.9 Å². The Kier molecular flexibility index (Phi) is 4.79. The molecule has 0 amide bonds. The number of nitrogens with one attached hydrogen (secondary N) is 1. The molecule has 0 bridgehead atoms. The summed E-state index contributed by atoms with van der Waals surface area (Å²) in [5.41, 5.74) is 1.13. The molecule has 11 heavy (non-hydrogen) atoms. The third-order valence-electron chi connectivity index (χ3n) is 1.70. The van der Waals surface area contributed by atoms with Crippen LogP contribution in [0.3, 0.4) is 0 Å². The average Bonchev–Trinajstić information content (AvgIpc) is 1.87. The van der Waals surface area contributed by atoms with Crippen LogP contribution in [-0.2, 0) is 4.79 Å². The third kappa shape index (κ3) is 4.73. The van der Waals surface area contributed by atoms with E-state index >= 15 is 0 Å². The maximum Gasteiger partial charge on any atom is 0.146 e. The molecule has 0 aliphatic rings. The van der Waals surface area contributed by atoms with Crippen LogP contribution in [0.5, 0.6) is 0 Å². The molecule has 0 aromatic heterocycles. The van der Waals surface area contributed by atoms with E-state index in [2.05, 4.69) is 11.9 Å². The van der Waals surface area contributed by atoms with Gasteiger partial charge in [-0.15, -0.1) is 6.58 Å². The molecule has 0 radical (unpaired) electrons. The van der Waals surface area contributed by atoms with Crippen LogP contribution in [0.1, 0.15) is 26.7 Å². The van der Waals surface area contributed by atoms with Gasteiger partial charge in [-0.25, -0.2) is 0 Å². The molecule has 0 spiro atoms. The topological polar surface area (TPSA) is 29.1 Å². The van der Waals surface area contributed by atoms with Gasteiger partial charge in [-0.1, -0.05) is 5.57 Å². The van der Waals surface area contributed by atoms with Crippen LogP contribution < -0.4 is 5.32 Å². The highest BCUT2D eigenvalue weighted by Gasteiger charge is 2.09. The number of rotatable bonds is 5. The number of allylic oxidation sites excluding steroid dienone is 1. The summed E-state index contributed by atoms with van der Waals surface area (Å²) < 4.78 is 0. The summed E-state index contributed by atoms with van der Waals surface area (Å²) in [6.45, 7) is 7.37. The van der Waals surface area contributed by atoms with Gasteiger partial charge in [0.25, 0.3) is 0 Å². The molecule has 2 heteroatoms. The van der Waals surface area contributed by atoms with Gasteiger partial charge in [0.05, 0.1) is 6.04 Å². The van der Waals surface area contributed by atoms with Crippen molar-refractivity contribution in [3.05, 3.63) is 12.2 Å². The van der Waals surface area contributed by atoms with Gasteiger partial charge in [-0.05, 0) is 33.7 Å². The molecule has 2 nitrogen and oxygen atoms in total. The molecule has 0 aliphatic heterocycles. The number of hydrogen-bond acceptors (Lipinski definition) is 2. The largest absolute Gasteiger partial charge is 0.311 e. The van der Waals surface area contributed by atoms with Crippen molar-refractivity contribution in [1.29, 1.82) is 0 Å². The minimum absolute atomic E-state index is 0.00620. The normalized spacial score (nSPS) is 12.6. The third-order valence-corrected chi connectivity index (χ3v) is 1.70. The second kappa shape index (κ2) is 5.08. The SMILES string of the molecule is C=C(C)CCC(NC)C(C)=O.